The monoisotopic (exact) mass is 412 g/mol. The normalized spacial score (nSPS) is 15.8. The molecule has 5 nitrogen and oxygen atoms in total. The molecule has 6 heteroatoms. The van der Waals surface area contributed by atoms with Gasteiger partial charge in [-0.15, -0.1) is 0 Å². The number of aryl methyl sites for hydroxylation is 2. The lowest BCUT2D eigenvalue weighted by molar-refractivity contribution is -0.134. The van der Waals surface area contributed by atoms with E-state index in [9.17, 15) is 9.59 Å². The number of hydrogen-bond acceptors (Lipinski definition) is 3. The Morgan fingerprint density at radius 2 is 1.83 bits per heavy atom. The second kappa shape index (κ2) is 8.37. The summed E-state index contributed by atoms with van der Waals surface area (Å²) < 4.78 is 5.79. The quantitative estimate of drug-likeness (QED) is 0.793. The van der Waals surface area contributed by atoms with E-state index in [4.69, 9.17) is 16.3 Å². The number of amides is 2. The van der Waals surface area contributed by atoms with Gasteiger partial charge in [0.15, 0.2) is 5.60 Å². The number of carbonyl (C=O) groups excluding carboxylic acids is 2. The number of rotatable bonds is 6. The van der Waals surface area contributed by atoms with Gasteiger partial charge in [-0.3, -0.25) is 9.59 Å². The second-order valence-corrected chi connectivity index (χ2v) is 8.27. The lowest BCUT2D eigenvalue weighted by atomic mass is 9.98. The van der Waals surface area contributed by atoms with Gasteiger partial charge in [0.2, 0.25) is 0 Å². The number of nitrogens with zero attached hydrogens (tertiary/aromatic N) is 1. The van der Waals surface area contributed by atoms with Crippen LogP contribution < -0.4 is 20.6 Å². The van der Waals surface area contributed by atoms with Crippen LogP contribution in [0.4, 0.5) is 0 Å². The third kappa shape index (κ3) is 5.04. The third-order valence-corrected chi connectivity index (χ3v) is 5.30. The van der Waals surface area contributed by atoms with E-state index in [1.807, 2.05) is 26.0 Å². The first-order valence-electron chi connectivity index (χ1n) is 9.60. The molecule has 0 aliphatic carbocycles. The van der Waals surface area contributed by atoms with Crippen molar-refractivity contribution >= 4 is 29.5 Å². The number of carbonyl (C=O) groups is 2. The average molecular weight is 413 g/mol. The average Bonchev–Trinajstić information content (AvgIpc) is 2.65. The van der Waals surface area contributed by atoms with Gasteiger partial charge in [-0.25, -0.2) is 4.99 Å². The molecule has 2 amide bonds. The van der Waals surface area contributed by atoms with Gasteiger partial charge in [0.25, 0.3) is 11.8 Å². The summed E-state index contributed by atoms with van der Waals surface area (Å²) >= 11 is 5.87. The number of nitrogens with one attached hydrogen (secondary N) is 1. The number of benzene rings is 2. The zero-order chi connectivity index (χ0) is 21.2. The molecule has 1 aliphatic heterocycles. The van der Waals surface area contributed by atoms with Gasteiger partial charge in [-0.05, 0) is 86.9 Å². The van der Waals surface area contributed by atoms with Crippen molar-refractivity contribution in [2.45, 2.75) is 39.7 Å². The minimum atomic E-state index is -1.06. The molecule has 1 aliphatic rings. The maximum atomic E-state index is 12.6. The minimum Gasteiger partial charge on any atom is -0.478 e. The van der Waals surface area contributed by atoms with Crippen molar-refractivity contribution in [1.82, 2.24) is 5.32 Å². The van der Waals surface area contributed by atoms with E-state index in [0.29, 0.717) is 23.7 Å². The molecule has 0 fully saturated rings. The van der Waals surface area contributed by atoms with Gasteiger partial charge in [-0.1, -0.05) is 17.7 Å². The van der Waals surface area contributed by atoms with Crippen LogP contribution >= 0.6 is 11.6 Å². The molecule has 2 aromatic carbocycles. The second-order valence-electron chi connectivity index (χ2n) is 7.83. The standard InChI is InChI=1S/C23H25ClN2O3/c1-14-11-17-13-16(21(27)26-20(17)12-15(14)2)9-10-25-22(28)23(3,4)29-19-7-5-18(24)6-8-19/h5-8,11-13,16H,9-10H2,1-4H3,(H,25,28). The van der Waals surface area contributed by atoms with Crippen molar-refractivity contribution in [3.05, 3.63) is 63.1 Å². The van der Waals surface area contributed by atoms with Crippen LogP contribution in [0.15, 0.2) is 41.4 Å². The fourth-order valence-corrected chi connectivity index (χ4v) is 3.27. The van der Waals surface area contributed by atoms with Crippen molar-refractivity contribution in [3.63, 3.8) is 0 Å². The van der Waals surface area contributed by atoms with Crippen LogP contribution in [0.5, 0.6) is 5.75 Å². The molecule has 152 valence electrons. The number of fused-ring (bicyclic) bond motifs is 1. The van der Waals surface area contributed by atoms with Gasteiger partial charge in [0.1, 0.15) is 5.75 Å². The van der Waals surface area contributed by atoms with Crippen molar-refractivity contribution in [2.24, 2.45) is 10.9 Å². The Morgan fingerprint density at radius 1 is 1.17 bits per heavy atom. The highest BCUT2D eigenvalue weighted by Crippen LogP contribution is 2.21. The molecule has 1 atom stereocenters. The van der Waals surface area contributed by atoms with Crippen LogP contribution in [0.3, 0.4) is 0 Å². The van der Waals surface area contributed by atoms with E-state index in [1.54, 1.807) is 38.1 Å². The fraction of sp³-hybridized carbons (Fsp3) is 0.348. The van der Waals surface area contributed by atoms with E-state index >= 15 is 0 Å². The van der Waals surface area contributed by atoms with Crippen LogP contribution in [0.1, 0.15) is 31.4 Å². The molecule has 1 unspecified atom stereocenters. The first-order valence-corrected chi connectivity index (χ1v) is 9.98. The number of hydrogen-bond donors (Lipinski definition) is 1. The summed E-state index contributed by atoms with van der Waals surface area (Å²) in [6.45, 7) is 7.80. The Morgan fingerprint density at radius 3 is 2.52 bits per heavy atom. The van der Waals surface area contributed by atoms with Crippen molar-refractivity contribution in [2.75, 3.05) is 6.54 Å². The largest absolute Gasteiger partial charge is 0.478 e. The van der Waals surface area contributed by atoms with Gasteiger partial charge in [0.05, 0.1) is 11.3 Å². The lowest BCUT2D eigenvalue weighted by Gasteiger charge is -2.25. The minimum absolute atomic E-state index is 0.174. The summed E-state index contributed by atoms with van der Waals surface area (Å²) in [5, 5.41) is 5.15. The van der Waals surface area contributed by atoms with E-state index in [1.165, 1.54) is 0 Å². The summed E-state index contributed by atoms with van der Waals surface area (Å²) in [5.74, 6) is -0.206. The van der Waals surface area contributed by atoms with Crippen molar-refractivity contribution < 1.29 is 14.3 Å². The molecule has 29 heavy (non-hydrogen) atoms. The summed E-state index contributed by atoms with van der Waals surface area (Å²) in [6, 6.07) is 10.8. The molecule has 3 rings (SSSR count). The molecule has 0 bridgehead atoms. The zero-order valence-electron chi connectivity index (χ0n) is 17.1. The Labute approximate surface area is 175 Å². The van der Waals surface area contributed by atoms with Gasteiger partial charge in [0, 0.05) is 11.6 Å². The maximum absolute atomic E-state index is 12.6. The highest BCUT2D eigenvalue weighted by atomic mass is 35.5. The van der Waals surface area contributed by atoms with Gasteiger partial charge in [-0.2, -0.15) is 0 Å². The first-order chi connectivity index (χ1) is 13.7. The van der Waals surface area contributed by atoms with Crippen molar-refractivity contribution in [3.8, 4) is 5.75 Å². The Balaban J connectivity index is 1.60. The topological polar surface area (TPSA) is 67.8 Å². The molecule has 0 saturated carbocycles. The molecule has 0 spiro atoms. The highest BCUT2D eigenvalue weighted by Gasteiger charge is 2.30. The van der Waals surface area contributed by atoms with Crippen molar-refractivity contribution in [1.29, 1.82) is 0 Å². The zero-order valence-corrected chi connectivity index (χ0v) is 17.8. The molecule has 2 aromatic rings. The van der Waals surface area contributed by atoms with E-state index in [-0.39, 0.29) is 17.7 Å². The summed E-state index contributed by atoms with van der Waals surface area (Å²) in [4.78, 5) is 29.1. The summed E-state index contributed by atoms with van der Waals surface area (Å²) in [6.07, 6.45) is 2.43. The molecular formula is C23H25ClN2O3. The van der Waals surface area contributed by atoms with Gasteiger partial charge < -0.3 is 10.1 Å². The van der Waals surface area contributed by atoms with E-state index < -0.39 is 5.60 Å². The Hall–Kier alpha value is -2.66. The van der Waals surface area contributed by atoms with Crippen LogP contribution in [-0.2, 0) is 9.59 Å². The molecule has 0 aromatic heterocycles. The SMILES string of the molecule is Cc1cc2c(cc1C)=NC(=O)C(CCNC(=O)C(C)(C)Oc1ccc(Cl)cc1)C=2. The first kappa shape index (κ1) is 21.1. The van der Waals surface area contributed by atoms with Crippen LogP contribution in [0.25, 0.3) is 6.08 Å². The van der Waals surface area contributed by atoms with Crippen LogP contribution in [-0.4, -0.2) is 24.0 Å². The molecule has 0 saturated heterocycles. The molecule has 0 radical (unpaired) electrons. The predicted octanol–water partition coefficient (Wildman–Crippen LogP) is 2.88. The lowest BCUT2D eigenvalue weighted by Crippen LogP contribution is -2.47. The molecule has 1 N–H and O–H groups in total. The summed E-state index contributed by atoms with van der Waals surface area (Å²) in [7, 11) is 0. The Kier molecular flexibility index (Phi) is 6.08. The molecular weight excluding hydrogens is 388 g/mol. The highest BCUT2D eigenvalue weighted by molar-refractivity contribution is 6.30. The molecule has 1 heterocycles. The number of halogens is 1. The van der Waals surface area contributed by atoms with E-state index in [0.717, 1.165) is 21.7 Å². The fourth-order valence-electron chi connectivity index (χ4n) is 3.15. The van der Waals surface area contributed by atoms with E-state index in [2.05, 4.69) is 16.4 Å². The Bertz CT molecular complexity index is 1060. The summed E-state index contributed by atoms with van der Waals surface area (Å²) in [5.41, 5.74) is 1.22. The van der Waals surface area contributed by atoms with Gasteiger partial charge >= 0.3 is 0 Å². The van der Waals surface area contributed by atoms with Crippen LogP contribution in [0, 0.1) is 19.8 Å². The number of ether oxygens (including phenoxy) is 1. The van der Waals surface area contributed by atoms with Crippen LogP contribution in [0.2, 0.25) is 5.02 Å². The predicted molar refractivity (Wildman–Crippen MR) is 113 cm³/mol. The smallest absolute Gasteiger partial charge is 0.263 e. The maximum Gasteiger partial charge on any atom is 0.263 e. The third-order valence-electron chi connectivity index (χ3n) is 5.05.